The SMILES string of the molecule is CC[C@@H](NC(=O)c1ccc2c(c1)/C(=C(/Nc1ccc(CN3CCOCC3)cc1)c1ccsc1)C(=O)N2)c1ccccc1. The fraction of sp³-hybridized carbons (Fsp3) is 0.235. The van der Waals surface area contributed by atoms with Crippen LogP contribution in [0.25, 0.3) is 11.3 Å². The lowest BCUT2D eigenvalue weighted by Gasteiger charge is -2.26. The summed E-state index contributed by atoms with van der Waals surface area (Å²) < 4.78 is 5.47. The number of nitrogens with one attached hydrogen (secondary N) is 3. The van der Waals surface area contributed by atoms with Gasteiger partial charge < -0.3 is 20.7 Å². The van der Waals surface area contributed by atoms with Crippen molar-refractivity contribution in [3.8, 4) is 0 Å². The topological polar surface area (TPSA) is 82.7 Å². The maximum Gasteiger partial charge on any atom is 0.258 e. The highest BCUT2D eigenvalue weighted by Gasteiger charge is 2.30. The van der Waals surface area contributed by atoms with Crippen LogP contribution in [0.3, 0.4) is 0 Å². The van der Waals surface area contributed by atoms with Crippen molar-refractivity contribution in [1.82, 2.24) is 10.2 Å². The number of ether oxygens (including phenoxy) is 1. The first-order chi connectivity index (χ1) is 20.6. The number of anilines is 2. The Hall–Kier alpha value is -4.24. The Morgan fingerprint density at radius 1 is 1.00 bits per heavy atom. The van der Waals surface area contributed by atoms with E-state index in [0.29, 0.717) is 28.1 Å². The minimum absolute atomic E-state index is 0.101. The van der Waals surface area contributed by atoms with Crippen LogP contribution in [-0.2, 0) is 16.1 Å². The summed E-state index contributed by atoms with van der Waals surface area (Å²) in [6, 6.07) is 25.6. The van der Waals surface area contributed by atoms with Gasteiger partial charge in [0, 0.05) is 53.1 Å². The molecule has 2 aliphatic rings. The van der Waals surface area contributed by atoms with Gasteiger partial charge in [0.25, 0.3) is 11.8 Å². The molecule has 3 N–H and O–H groups in total. The predicted octanol–water partition coefficient (Wildman–Crippen LogP) is 6.39. The molecule has 4 aromatic rings. The summed E-state index contributed by atoms with van der Waals surface area (Å²) in [6.45, 7) is 6.36. The first-order valence-corrected chi connectivity index (χ1v) is 15.3. The van der Waals surface area contributed by atoms with Gasteiger partial charge in [0.05, 0.1) is 30.5 Å². The number of carbonyl (C=O) groups excluding carboxylic acids is 2. The van der Waals surface area contributed by atoms with Crippen molar-refractivity contribution in [2.24, 2.45) is 0 Å². The van der Waals surface area contributed by atoms with Crippen molar-refractivity contribution in [2.75, 3.05) is 36.9 Å². The number of nitrogens with zero attached hydrogens (tertiary/aromatic N) is 1. The number of thiophene rings is 1. The van der Waals surface area contributed by atoms with Crippen molar-refractivity contribution in [3.63, 3.8) is 0 Å². The first-order valence-electron chi connectivity index (χ1n) is 14.3. The number of carbonyl (C=O) groups is 2. The summed E-state index contributed by atoms with van der Waals surface area (Å²) in [4.78, 5) is 29.2. The van der Waals surface area contributed by atoms with E-state index in [-0.39, 0.29) is 17.9 Å². The molecule has 7 nitrogen and oxygen atoms in total. The van der Waals surface area contributed by atoms with Crippen LogP contribution < -0.4 is 16.0 Å². The summed E-state index contributed by atoms with van der Waals surface area (Å²) in [5, 5.41) is 13.7. The Balaban J connectivity index is 1.29. The molecule has 0 bridgehead atoms. The van der Waals surface area contributed by atoms with E-state index in [2.05, 4.69) is 52.0 Å². The minimum atomic E-state index is -0.198. The Bertz CT molecular complexity index is 1580. The lowest BCUT2D eigenvalue weighted by atomic mass is 9.98. The van der Waals surface area contributed by atoms with Gasteiger partial charge in [-0.25, -0.2) is 0 Å². The van der Waals surface area contributed by atoms with Crippen molar-refractivity contribution < 1.29 is 14.3 Å². The molecule has 3 aromatic carbocycles. The van der Waals surface area contributed by atoms with E-state index in [1.54, 1.807) is 17.4 Å². The Labute approximate surface area is 250 Å². The number of amides is 2. The van der Waals surface area contributed by atoms with Crippen LogP contribution in [-0.4, -0.2) is 43.0 Å². The molecule has 2 amide bonds. The molecule has 1 fully saturated rings. The van der Waals surface area contributed by atoms with E-state index >= 15 is 0 Å². The zero-order chi connectivity index (χ0) is 28.9. The second kappa shape index (κ2) is 12.7. The maximum absolute atomic E-state index is 13.4. The number of benzene rings is 3. The van der Waals surface area contributed by atoms with E-state index in [9.17, 15) is 9.59 Å². The Morgan fingerprint density at radius 3 is 2.50 bits per heavy atom. The maximum atomic E-state index is 13.4. The molecule has 2 aliphatic heterocycles. The summed E-state index contributed by atoms with van der Waals surface area (Å²) in [5.74, 6) is -0.371. The highest BCUT2D eigenvalue weighted by atomic mass is 32.1. The zero-order valence-electron chi connectivity index (χ0n) is 23.6. The molecule has 3 heterocycles. The van der Waals surface area contributed by atoms with Crippen LogP contribution in [0.4, 0.5) is 11.4 Å². The standard InChI is InChI=1S/C34H34N4O3S/c1-2-29(24-6-4-3-5-7-24)36-33(39)25-10-13-30-28(20-25)31(34(40)37-30)32(26-14-19-42-22-26)35-27-11-8-23(9-12-27)21-38-15-17-41-18-16-38/h3-14,19-20,22,29,35H,2,15-18,21H2,1H3,(H,36,39)(H,37,40)/b32-31-/t29-/m1/s1. The molecule has 0 spiro atoms. The molecular formula is C34H34N4O3S. The van der Waals surface area contributed by atoms with Crippen molar-refractivity contribution in [3.05, 3.63) is 117 Å². The molecule has 0 radical (unpaired) electrons. The third-order valence-corrected chi connectivity index (χ3v) is 8.42. The van der Waals surface area contributed by atoms with Crippen LogP contribution in [0.15, 0.2) is 89.6 Å². The molecule has 214 valence electrons. The van der Waals surface area contributed by atoms with E-state index in [1.807, 2.05) is 59.3 Å². The average molecular weight is 579 g/mol. The molecule has 1 atom stereocenters. The summed E-state index contributed by atoms with van der Waals surface area (Å²) >= 11 is 1.57. The van der Waals surface area contributed by atoms with Crippen LogP contribution in [0, 0.1) is 0 Å². The van der Waals surface area contributed by atoms with Gasteiger partial charge in [-0.2, -0.15) is 11.3 Å². The van der Waals surface area contributed by atoms with Crippen LogP contribution in [0.1, 0.15) is 52.0 Å². The lowest BCUT2D eigenvalue weighted by Crippen LogP contribution is -2.35. The minimum Gasteiger partial charge on any atom is -0.379 e. The highest BCUT2D eigenvalue weighted by molar-refractivity contribution is 7.08. The molecule has 0 saturated carbocycles. The lowest BCUT2D eigenvalue weighted by molar-refractivity contribution is -0.110. The van der Waals surface area contributed by atoms with Gasteiger partial charge in [-0.3, -0.25) is 14.5 Å². The molecule has 1 saturated heterocycles. The summed E-state index contributed by atoms with van der Waals surface area (Å²) in [6.07, 6.45) is 0.767. The fourth-order valence-electron chi connectivity index (χ4n) is 5.45. The van der Waals surface area contributed by atoms with Gasteiger partial charge in [-0.05, 0) is 59.3 Å². The van der Waals surface area contributed by atoms with E-state index < -0.39 is 0 Å². The second-order valence-corrected chi connectivity index (χ2v) is 11.3. The number of rotatable bonds is 9. The monoisotopic (exact) mass is 578 g/mol. The van der Waals surface area contributed by atoms with Crippen molar-refractivity contribution in [1.29, 1.82) is 0 Å². The first kappa shape index (κ1) is 27.9. The molecule has 0 aliphatic carbocycles. The van der Waals surface area contributed by atoms with E-state index in [0.717, 1.165) is 56.1 Å². The van der Waals surface area contributed by atoms with Crippen LogP contribution >= 0.6 is 11.3 Å². The van der Waals surface area contributed by atoms with E-state index in [4.69, 9.17) is 4.74 Å². The van der Waals surface area contributed by atoms with Crippen molar-refractivity contribution in [2.45, 2.75) is 25.9 Å². The highest BCUT2D eigenvalue weighted by Crippen LogP contribution is 2.38. The van der Waals surface area contributed by atoms with Crippen molar-refractivity contribution >= 4 is 45.8 Å². The third-order valence-electron chi connectivity index (χ3n) is 7.73. The third kappa shape index (κ3) is 6.16. The Kier molecular flexibility index (Phi) is 8.46. The summed E-state index contributed by atoms with van der Waals surface area (Å²) in [5.41, 5.74) is 7.23. The molecule has 1 aromatic heterocycles. The number of hydrogen-bond acceptors (Lipinski definition) is 6. The number of morpholine rings is 1. The van der Waals surface area contributed by atoms with Crippen LogP contribution in [0.2, 0.25) is 0 Å². The Morgan fingerprint density at radius 2 is 1.79 bits per heavy atom. The largest absolute Gasteiger partial charge is 0.379 e. The van der Waals surface area contributed by atoms with Gasteiger partial charge in [-0.15, -0.1) is 0 Å². The average Bonchev–Trinajstić information content (AvgIpc) is 3.68. The molecule has 8 heteroatoms. The normalized spacial score (nSPS) is 16.8. The van der Waals surface area contributed by atoms with Crippen LogP contribution in [0.5, 0.6) is 0 Å². The van der Waals surface area contributed by atoms with Gasteiger partial charge >= 0.3 is 0 Å². The van der Waals surface area contributed by atoms with Gasteiger partial charge in [0.15, 0.2) is 0 Å². The summed E-state index contributed by atoms with van der Waals surface area (Å²) in [7, 11) is 0. The molecule has 0 unspecified atom stereocenters. The molecule has 6 rings (SSSR count). The molecule has 42 heavy (non-hydrogen) atoms. The predicted molar refractivity (Wildman–Crippen MR) is 169 cm³/mol. The van der Waals surface area contributed by atoms with Gasteiger partial charge in [-0.1, -0.05) is 49.4 Å². The smallest absolute Gasteiger partial charge is 0.258 e. The zero-order valence-corrected chi connectivity index (χ0v) is 24.4. The second-order valence-electron chi connectivity index (χ2n) is 10.5. The molecular weight excluding hydrogens is 544 g/mol. The fourth-order valence-corrected chi connectivity index (χ4v) is 6.09. The van der Waals surface area contributed by atoms with Gasteiger partial charge in [0.1, 0.15) is 0 Å². The number of hydrogen-bond donors (Lipinski definition) is 3. The quantitative estimate of drug-likeness (QED) is 0.201. The number of fused-ring (bicyclic) bond motifs is 1. The van der Waals surface area contributed by atoms with Gasteiger partial charge in [0.2, 0.25) is 0 Å². The van der Waals surface area contributed by atoms with E-state index in [1.165, 1.54) is 5.56 Å².